The standard InChI is InChI=1S/C16H21N3O2/c1-3-9-17-13(2)14-8-10-18(11-14)12-15-6-4-5-7-16(15)19(20)21/h4-8,10-11,13,17H,3,9,12H2,1-2H3. The van der Waals surface area contributed by atoms with Crippen molar-refractivity contribution in [2.45, 2.75) is 32.9 Å². The zero-order valence-corrected chi connectivity index (χ0v) is 12.5. The van der Waals surface area contributed by atoms with Gasteiger partial charge >= 0.3 is 0 Å². The molecule has 112 valence electrons. The van der Waals surface area contributed by atoms with E-state index in [4.69, 9.17) is 0 Å². The van der Waals surface area contributed by atoms with Crippen molar-refractivity contribution in [1.29, 1.82) is 0 Å². The SMILES string of the molecule is CCCNC(C)c1ccn(Cc2ccccc2[N+](=O)[O-])c1. The first kappa shape index (κ1) is 15.3. The van der Waals surface area contributed by atoms with Gasteiger partial charge in [0.25, 0.3) is 5.69 Å². The summed E-state index contributed by atoms with van der Waals surface area (Å²) in [6.07, 6.45) is 5.11. The third kappa shape index (κ3) is 3.92. The molecule has 0 aliphatic rings. The number of nitrogens with zero attached hydrogens (tertiary/aromatic N) is 2. The van der Waals surface area contributed by atoms with Gasteiger partial charge in [-0.15, -0.1) is 0 Å². The van der Waals surface area contributed by atoms with Crippen LogP contribution < -0.4 is 5.32 Å². The first-order chi connectivity index (χ1) is 10.1. The summed E-state index contributed by atoms with van der Waals surface area (Å²) in [5, 5.41) is 14.5. The van der Waals surface area contributed by atoms with Gasteiger partial charge in [-0.1, -0.05) is 25.1 Å². The van der Waals surface area contributed by atoms with E-state index < -0.39 is 0 Å². The highest BCUT2D eigenvalue weighted by Gasteiger charge is 2.13. The van der Waals surface area contributed by atoms with Crippen molar-refractivity contribution < 1.29 is 4.92 Å². The van der Waals surface area contributed by atoms with E-state index in [9.17, 15) is 10.1 Å². The monoisotopic (exact) mass is 287 g/mol. The molecule has 1 N–H and O–H groups in total. The number of aromatic nitrogens is 1. The van der Waals surface area contributed by atoms with Gasteiger partial charge in [-0.2, -0.15) is 0 Å². The fourth-order valence-electron chi connectivity index (χ4n) is 2.31. The second-order valence-electron chi connectivity index (χ2n) is 5.18. The van der Waals surface area contributed by atoms with Crippen molar-refractivity contribution in [2.24, 2.45) is 0 Å². The Kier molecular flexibility index (Phi) is 5.11. The van der Waals surface area contributed by atoms with E-state index in [0.717, 1.165) is 18.5 Å². The van der Waals surface area contributed by atoms with Gasteiger partial charge in [0.2, 0.25) is 0 Å². The number of rotatable bonds is 7. The molecule has 1 heterocycles. The Morgan fingerprint density at radius 1 is 1.33 bits per heavy atom. The molecule has 0 spiro atoms. The maximum absolute atomic E-state index is 11.0. The van der Waals surface area contributed by atoms with Crippen molar-refractivity contribution in [3.8, 4) is 0 Å². The summed E-state index contributed by atoms with van der Waals surface area (Å²) in [4.78, 5) is 10.7. The van der Waals surface area contributed by atoms with Crippen LogP contribution in [0.5, 0.6) is 0 Å². The minimum absolute atomic E-state index is 0.171. The molecule has 0 amide bonds. The lowest BCUT2D eigenvalue weighted by atomic mass is 10.1. The van der Waals surface area contributed by atoms with Crippen LogP contribution in [0.2, 0.25) is 0 Å². The Bertz CT molecular complexity index is 607. The van der Waals surface area contributed by atoms with Gasteiger partial charge in [0.15, 0.2) is 0 Å². The summed E-state index contributed by atoms with van der Waals surface area (Å²) < 4.78 is 1.99. The molecule has 0 radical (unpaired) electrons. The predicted octanol–water partition coefficient (Wildman–Crippen LogP) is 3.51. The van der Waals surface area contributed by atoms with Crippen molar-refractivity contribution in [3.05, 3.63) is 64.0 Å². The smallest absolute Gasteiger partial charge is 0.274 e. The molecule has 2 rings (SSSR count). The van der Waals surface area contributed by atoms with Gasteiger partial charge in [0, 0.05) is 30.1 Å². The Labute approximate surface area is 124 Å². The predicted molar refractivity (Wildman–Crippen MR) is 83.3 cm³/mol. The number of hydrogen-bond acceptors (Lipinski definition) is 3. The Balaban J connectivity index is 2.11. The van der Waals surface area contributed by atoms with E-state index in [2.05, 4.69) is 25.2 Å². The van der Waals surface area contributed by atoms with Crippen LogP contribution in [-0.4, -0.2) is 16.0 Å². The van der Waals surface area contributed by atoms with Crippen LogP contribution in [0, 0.1) is 10.1 Å². The molecular formula is C16H21N3O2. The molecule has 0 aliphatic carbocycles. The largest absolute Gasteiger partial charge is 0.349 e. The van der Waals surface area contributed by atoms with Crippen LogP contribution in [-0.2, 0) is 6.54 Å². The fourth-order valence-corrected chi connectivity index (χ4v) is 2.31. The van der Waals surface area contributed by atoms with Gasteiger partial charge in [0.1, 0.15) is 0 Å². The van der Waals surface area contributed by atoms with E-state index in [1.54, 1.807) is 18.2 Å². The minimum Gasteiger partial charge on any atom is -0.349 e. The first-order valence-corrected chi connectivity index (χ1v) is 7.23. The van der Waals surface area contributed by atoms with E-state index in [0.29, 0.717) is 6.54 Å². The lowest BCUT2D eigenvalue weighted by Crippen LogP contribution is -2.18. The van der Waals surface area contributed by atoms with Crippen molar-refractivity contribution >= 4 is 5.69 Å². The zero-order valence-electron chi connectivity index (χ0n) is 12.5. The van der Waals surface area contributed by atoms with Crippen LogP contribution in [0.25, 0.3) is 0 Å². The van der Waals surface area contributed by atoms with Crippen LogP contribution in [0.4, 0.5) is 5.69 Å². The summed E-state index contributed by atoms with van der Waals surface area (Å²) in [5.74, 6) is 0. The summed E-state index contributed by atoms with van der Waals surface area (Å²) >= 11 is 0. The molecule has 1 aromatic carbocycles. The molecule has 0 saturated heterocycles. The van der Waals surface area contributed by atoms with Crippen LogP contribution in [0.15, 0.2) is 42.7 Å². The average Bonchev–Trinajstić information content (AvgIpc) is 2.93. The molecule has 0 bridgehead atoms. The molecule has 5 nitrogen and oxygen atoms in total. The van der Waals surface area contributed by atoms with Gasteiger partial charge in [-0.05, 0) is 31.5 Å². The highest BCUT2D eigenvalue weighted by Crippen LogP contribution is 2.20. The van der Waals surface area contributed by atoms with Gasteiger partial charge < -0.3 is 9.88 Å². The molecule has 0 saturated carbocycles. The Hall–Kier alpha value is -2.14. The second-order valence-corrected chi connectivity index (χ2v) is 5.18. The summed E-state index contributed by atoms with van der Waals surface area (Å²) in [7, 11) is 0. The third-order valence-corrected chi connectivity index (χ3v) is 3.52. The minimum atomic E-state index is -0.328. The Morgan fingerprint density at radius 2 is 2.10 bits per heavy atom. The van der Waals surface area contributed by atoms with Crippen molar-refractivity contribution in [2.75, 3.05) is 6.54 Å². The molecule has 2 aromatic rings. The molecule has 1 aromatic heterocycles. The molecule has 0 fully saturated rings. The zero-order chi connectivity index (χ0) is 15.2. The quantitative estimate of drug-likeness (QED) is 0.626. The molecule has 1 unspecified atom stereocenters. The Morgan fingerprint density at radius 3 is 2.81 bits per heavy atom. The number of nitrogens with one attached hydrogen (secondary N) is 1. The fraction of sp³-hybridized carbons (Fsp3) is 0.375. The lowest BCUT2D eigenvalue weighted by molar-refractivity contribution is -0.385. The number of benzene rings is 1. The van der Waals surface area contributed by atoms with E-state index in [1.165, 1.54) is 5.56 Å². The number of hydrogen-bond donors (Lipinski definition) is 1. The topological polar surface area (TPSA) is 60.1 Å². The molecular weight excluding hydrogens is 266 g/mol. The highest BCUT2D eigenvalue weighted by molar-refractivity contribution is 5.40. The molecule has 21 heavy (non-hydrogen) atoms. The average molecular weight is 287 g/mol. The number of para-hydroxylation sites is 1. The van der Waals surface area contributed by atoms with Crippen LogP contribution in [0.3, 0.4) is 0 Å². The summed E-state index contributed by atoms with van der Waals surface area (Å²) in [6.45, 7) is 5.76. The first-order valence-electron chi connectivity index (χ1n) is 7.23. The van der Waals surface area contributed by atoms with Crippen molar-refractivity contribution in [1.82, 2.24) is 9.88 Å². The summed E-state index contributed by atoms with van der Waals surface area (Å²) in [5.41, 5.74) is 2.09. The molecule has 5 heteroatoms. The van der Waals surface area contributed by atoms with E-state index >= 15 is 0 Å². The molecule has 0 aliphatic heterocycles. The van der Waals surface area contributed by atoms with Gasteiger partial charge in [0.05, 0.1) is 11.5 Å². The number of nitro groups is 1. The maximum Gasteiger partial charge on any atom is 0.274 e. The molecule has 1 atom stereocenters. The third-order valence-electron chi connectivity index (χ3n) is 3.52. The van der Waals surface area contributed by atoms with Crippen LogP contribution in [0.1, 0.15) is 37.4 Å². The summed E-state index contributed by atoms with van der Waals surface area (Å²) in [6, 6.07) is 9.22. The van der Waals surface area contributed by atoms with Gasteiger partial charge in [-0.25, -0.2) is 0 Å². The van der Waals surface area contributed by atoms with Crippen LogP contribution >= 0.6 is 0 Å². The normalized spacial score (nSPS) is 12.3. The van der Waals surface area contributed by atoms with E-state index in [1.807, 2.05) is 23.0 Å². The maximum atomic E-state index is 11.0. The van der Waals surface area contributed by atoms with E-state index in [-0.39, 0.29) is 16.7 Å². The van der Waals surface area contributed by atoms with Gasteiger partial charge in [-0.3, -0.25) is 10.1 Å². The second kappa shape index (κ2) is 7.04. The van der Waals surface area contributed by atoms with Crippen molar-refractivity contribution in [3.63, 3.8) is 0 Å². The number of nitro benzene ring substituents is 1. The lowest BCUT2D eigenvalue weighted by Gasteiger charge is -2.11. The highest BCUT2D eigenvalue weighted by atomic mass is 16.6.